The molecule has 28 heavy (non-hydrogen) atoms. The van der Waals surface area contributed by atoms with Crippen molar-refractivity contribution in [2.24, 2.45) is 0 Å². The molecule has 0 radical (unpaired) electrons. The van der Waals surface area contributed by atoms with Gasteiger partial charge in [0.2, 0.25) is 0 Å². The molecule has 6 heteroatoms. The van der Waals surface area contributed by atoms with Gasteiger partial charge < -0.3 is 10.1 Å². The quantitative estimate of drug-likeness (QED) is 0.447. The van der Waals surface area contributed by atoms with Crippen molar-refractivity contribution in [3.63, 3.8) is 0 Å². The van der Waals surface area contributed by atoms with Crippen LogP contribution in [0.25, 0.3) is 21.3 Å². The Morgan fingerprint density at radius 2 is 2.00 bits per heavy atom. The van der Waals surface area contributed by atoms with Crippen LogP contribution in [0.1, 0.15) is 12.5 Å². The van der Waals surface area contributed by atoms with E-state index in [1.54, 1.807) is 11.3 Å². The van der Waals surface area contributed by atoms with Crippen molar-refractivity contribution in [2.45, 2.75) is 13.3 Å². The van der Waals surface area contributed by atoms with Gasteiger partial charge in [0.1, 0.15) is 23.7 Å². The van der Waals surface area contributed by atoms with E-state index in [1.165, 1.54) is 6.33 Å². The number of rotatable bonds is 7. The fraction of sp³-hybridized carbons (Fsp3) is 0.182. The van der Waals surface area contributed by atoms with Gasteiger partial charge in [-0.25, -0.2) is 14.4 Å². The van der Waals surface area contributed by atoms with E-state index < -0.39 is 0 Å². The zero-order chi connectivity index (χ0) is 19.3. The Morgan fingerprint density at radius 1 is 1.11 bits per heavy atom. The molecular weight excluding hydrogens is 373 g/mol. The Hall–Kier alpha value is -2.99. The van der Waals surface area contributed by atoms with Crippen molar-refractivity contribution >= 4 is 27.9 Å². The number of ether oxygens (including phenoxy) is 1. The molecule has 1 N–H and O–H groups in total. The molecule has 0 amide bonds. The summed E-state index contributed by atoms with van der Waals surface area (Å²) in [6, 6.07) is 15.2. The lowest BCUT2D eigenvalue weighted by Crippen LogP contribution is -2.08. The second kappa shape index (κ2) is 8.35. The van der Waals surface area contributed by atoms with Crippen LogP contribution in [0.5, 0.6) is 5.75 Å². The van der Waals surface area contributed by atoms with E-state index in [0.29, 0.717) is 30.5 Å². The van der Waals surface area contributed by atoms with E-state index in [2.05, 4.69) is 15.3 Å². The molecule has 4 rings (SSSR count). The molecule has 0 aliphatic rings. The molecule has 4 aromatic rings. The summed E-state index contributed by atoms with van der Waals surface area (Å²) in [5.74, 6) is 1.42. The summed E-state index contributed by atoms with van der Waals surface area (Å²) in [4.78, 5) is 9.63. The van der Waals surface area contributed by atoms with Crippen molar-refractivity contribution in [1.82, 2.24) is 9.97 Å². The average molecular weight is 393 g/mol. The molecule has 0 saturated heterocycles. The fourth-order valence-electron chi connectivity index (χ4n) is 3.08. The van der Waals surface area contributed by atoms with E-state index in [1.807, 2.05) is 60.8 Å². The SMILES string of the molecule is CCOc1csc(-c2cc(NCCc3ccc4ccccc4c3F)ncn2)c1. The van der Waals surface area contributed by atoms with Gasteiger partial charge in [0.15, 0.2) is 0 Å². The van der Waals surface area contributed by atoms with Crippen LogP contribution in [0.15, 0.2) is 60.2 Å². The predicted molar refractivity (Wildman–Crippen MR) is 113 cm³/mol. The molecule has 0 unspecified atom stereocenters. The van der Waals surface area contributed by atoms with Gasteiger partial charge >= 0.3 is 0 Å². The van der Waals surface area contributed by atoms with Crippen LogP contribution in [0.2, 0.25) is 0 Å². The highest BCUT2D eigenvalue weighted by molar-refractivity contribution is 7.13. The first-order chi connectivity index (χ1) is 13.7. The summed E-state index contributed by atoms with van der Waals surface area (Å²) in [5, 5.41) is 6.81. The van der Waals surface area contributed by atoms with E-state index in [-0.39, 0.29) is 5.82 Å². The topological polar surface area (TPSA) is 47.0 Å². The number of anilines is 1. The van der Waals surface area contributed by atoms with E-state index >= 15 is 0 Å². The number of hydrogen-bond donors (Lipinski definition) is 1. The summed E-state index contributed by atoms with van der Waals surface area (Å²) in [6.07, 6.45) is 2.11. The summed E-state index contributed by atoms with van der Waals surface area (Å²) < 4.78 is 20.2. The van der Waals surface area contributed by atoms with Gasteiger partial charge in [-0.1, -0.05) is 36.4 Å². The second-order valence-corrected chi connectivity index (χ2v) is 7.22. The Kier molecular flexibility index (Phi) is 5.48. The minimum atomic E-state index is -0.148. The molecule has 2 heterocycles. The lowest BCUT2D eigenvalue weighted by molar-refractivity contribution is 0.342. The first kappa shape index (κ1) is 18.4. The molecule has 0 aliphatic heterocycles. The Balaban J connectivity index is 1.43. The number of thiophene rings is 1. The summed E-state index contributed by atoms with van der Waals surface area (Å²) in [5.41, 5.74) is 1.53. The van der Waals surface area contributed by atoms with Gasteiger partial charge in [-0.2, -0.15) is 0 Å². The third-order valence-electron chi connectivity index (χ3n) is 4.45. The average Bonchev–Trinajstić information content (AvgIpc) is 3.19. The van der Waals surface area contributed by atoms with E-state index in [9.17, 15) is 4.39 Å². The monoisotopic (exact) mass is 393 g/mol. The molecule has 0 aliphatic carbocycles. The number of benzene rings is 2. The van der Waals surface area contributed by atoms with Crippen molar-refractivity contribution in [1.29, 1.82) is 0 Å². The van der Waals surface area contributed by atoms with Crippen LogP contribution in [-0.2, 0) is 6.42 Å². The molecule has 0 bridgehead atoms. The van der Waals surface area contributed by atoms with Crippen LogP contribution in [0.4, 0.5) is 10.2 Å². The maximum atomic E-state index is 14.7. The van der Waals surface area contributed by atoms with Crippen molar-refractivity contribution in [2.75, 3.05) is 18.5 Å². The smallest absolute Gasteiger partial charge is 0.134 e. The number of nitrogens with zero attached hydrogens (tertiary/aromatic N) is 2. The highest BCUT2D eigenvalue weighted by atomic mass is 32.1. The van der Waals surface area contributed by atoms with Crippen LogP contribution >= 0.6 is 11.3 Å². The van der Waals surface area contributed by atoms with Crippen LogP contribution < -0.4 is 10.1 Å². The molecule has 2 aromatic heterocycles. The lowest BCUT2D eigenvalue weighted by Gasteiger charge is -2.09. The number of nitrogens with one attached hydrogen (secondary N) is 1. The molecule has 142 valence electrons. The van der Waals surface area contributed by atoms with Gasteiger partial charge in [-0.15, -0.1) is 11.3 Å². The molecule has 0 saturated carbocycles. The standard InChI is InChI=1S/C22H20FN3OS/c1-2-27-17-11-20(28-13-17)19-12-21(26-14-25-19)24-10-9-16-8-7-15-5-3-4-6-18(15)22(16)23/h3-8,11-14H,2,9-10H2,1H3,(H,24,25,26). The summed E-state index contributed by atoms with van der Waals surface area (Å²) in [6.45, 7) is 3.18. The second-order valence-electron chi connectivity index (χ2n) is 6.30. The highest BCUT2D eigenvalue weighted by Crippen LogP contribution is 2.30. The van der Waals surface area contributed by atoms with Gasteiger partial charge in [-0.05, 0) is 24.3 Å². The Bertz CT molecular complexity index is 1100. The lowest BCUT2D eigenvalue weighted by atomic mass is 10.0. The molecule has 4 nitrogen and oxygen atoms in total. The van der Waals surface area contributed by atoms with Crippen LogP contribution in [-0.4, -0.2) is 23.1 Å². The van der Waals surface area contributed by atoms with E-state index in [0.717, 1.165) is 27.5 Å². The van der Waals surface area contributed by atoms with Crippen molar-refractivity contribution in [3.05, 3.63) is 71.6 Å². The maximum Gasteiger partial charge on any atom is 0.134 e. The van der Waals surface area contributed by atoms with Gasteiger partial charge in [0.25, 0.3) is 0 Å². The number of fused-ring (bicyclic) bond motifs is 1. The molecule has 0 atom stereocenters. The Labute approximate surface area is 167 Å². The number of aromatic nitrogens is 2. The van der Waals surface area contributed by atoms with Crippen LogP contribution in [0.3, 0.4) is 0 Å². The van der Waals surface area contributed by atoms with Crippen molar-refractivity contribution in [3.8, 4) is 16.3 Å². The highest BCUT2D eigenvalue weighted by Gasteiger charge is 2.08. The zero-order valence-corrected chi connectivity index (χ0v) is 16.3. The normalized spacial score (nSPS) is 10.9. The third-order valence-corrected chi connectivity index (χ3v) is 5.38. The molecule has 0 fully saturated rings. The first-order valence-corrected chi connectivity index (χ1v) is 10.1. The Morgan fingerprint density at radius 3 is 2.89 bits per heavy atom. The molecule has 0 spiro atoms. The molecular formula is C22H20FN3OS. The summed E-state index contributed by atoms with van der Waals surface area (Å²) >= 11 is 1.58. The summed E-state index contributed by atoms with van der Waals surface area (Å²) in [7, 11) is 0. The van der Waals surface area contributed by atoms with E-state index in [4.69, 9.17) is 4.74 Å². The first-order valence-electron chi connectivity index (χ1n) is 9.18. The number of halogens is 1. The fourth-order valence-corrected chi connectivity index (χ4v) is 3.88. The van der Waals surface area contributed by atoms with Crippen molar-refractivity contribution < 1.29 is 9.13 Å². The van der Waals surface area contributed by atoms with Gasteiger partial charge in [-0.3, -0.25) is 0 Å². The zero-order valence-electron chi connectivity index (χ0n) is 15.5. The van der Waals surface area contributed by atoms with Gasteiger partial charge in [0, 0.05) is 29.4 Å². The number of hydrogen-bond acceptors (Lipinski definition) is 5. The molecule has 2 aromatic carbocycles. The third kappa shape index (κ3) is 3.97. The van der Waals surface area contributed by atoms with Gasteiger partial charge in [0.05, 0.1) is 17.2 Å². The maximum absolute atomic E-state index is 14.7. The minimum absolute atomic E-state index is 0.148. The minimum Gasteiger partial charge on any atom is -0.493 e. The van der Waals surface area contributed by atoms with Crippen LogP contribution in [0, 0.1) is 5.82 Å². The largest absolute Gasteiger partial charge is 0.493 e. The predicted octanol–water partition coefficient (Wildman–Crippen LogP) is 5.55.